The van der Waals surface area contributed by atoms with Crippen LogP contribution in [0.2, 0.25) is 0 Å². The maximum Gasteiger partial charge on any atom is 0.417 e. The normalized spacial score (nSPS) is 15.5. The molecular weight excluding hydrogens is 481 g/mol. The molecule has 2 atom stereocenters. The number of anilines is 1. The van der Waals surface area contributed by atoms with Gasteiger partial charge >= 0.3 is 12.1 Å². The number of halogens is 3. The second-order valence-electron chi connectivity index (χ2n) is 9.76. The Bertz CT molecular complexity index is 1280. The van der Waals surface area contributed by atoms with Crippen molar-refractivity contribution in [3.05, 3.63) is 83.2 Å². The molecule has 1 saturated carbocycles. The molecule has 0 unspecified atom stereocenters. The van der Waals surface area contributed by atoms with Gasteiger partial charge in [-0.1, -0.05) is 49.7 Å². The van der Waals surface area contributed by atoms with Gasteiger partial charge in [0.2, 0.25) is 5.91 Å². The van der Waals surface area contributed by atoms with Gasteiger partial charge in [0.1, 0.15) is 0 Å². The number of alkyl halides is 3. The van der Waals surface area contributed by atoms with Crippen LogP contribution in [0.3, 0.4) is 0 Å². The largest absolute Gasteiger partial charge is 0.481 e. The van der Waals surface area contributed by atoms with Gasteiger partial charge in [-0.2, -0.15) is 13.2 Å². The molecular formula is C29H29F3N2O3. The number of hydrogen-bond acceptors (Lipinski definition) is 3. The van der Waals surface area contributed by atoms with Crippen LogP contribution >= 0.6 is 0 Å². The van der Waals surface area contributed by atoms with Crippen molar-refractivity contribution < 1.29 is 27.9 Å². The van der Waals surface area contributed by atoms with Crippen molar-refractivity contribution in [2.45, 2.75) is 57.5 Å². The highest BCUT2D eigenvalue weighted by Crippen LogP contribution is 2.41. The number of carbonyl (C=O) groups excluding carboxylic acids is 1. The molecule has 0 aliphatic heterocycles. The molecule has 4 rings (SSSR count). The van der Waals surface area contributed by atoms with Crippen LogP contribution in [0.15, 0.2) is 60.9 Å². The van der Waals surface area contributed by atoms with Gasteiger partial charge in [-0.15, -0.1) is 0 Å². The number of nitrogens with zero attached hydrogens (tertiary/aromatic N) is 1. The number of carbonyl (C=O) groups is 2. The molecule has 2 N–H and O–H groups in total. The number of carboxylic acids is 1. The van der Waals surface area contributed by atoms with E-state index in [1.54, 1.807) is 24.3 Å². The Morgan fingerprint density at radius 2 is 1.78 bits per heavy atom. The topological polar surface area (TPSA) is 79.3 Å². The van der Waals surface area contributed by atoms with E-state index in [-0.39, 0.29) is 24.2 Å². The van der Waals surface area contributed by atoms with Gasteiger partial charge in [0.15, 0.2) is 0 Å². The summed E-state index contributed by atoms with van der Waals surface area (Å²) >= 11 is 0. The molecule has 0 saturated heterocycles. The fourth-order valence-corrected chi connectivity index (χ4v) is 4.95. The molecule has 1 fully saturated rings. The number of nitrogens with one attached hydrogen (secondary N) is 1. The zero-order valence-corrected chi connectivity index (χ0v) is 20.7. The summed E-state index contributed by atoms with van der Waals surface area (Å²) < 4.78 is 39.3. The van der Waals surface area contributed by atoms with Crippen LogP contribution in [-0.4, -0.2) is 22.0 Å². The number of aromatic nitrogens is 1. The highest BCUT2D eigenvalue weighted by atomic mass is 19.4. The fraction of sp³-hybridized carbons (Fsp3) is 0.345. The van der Waals surface area contributed by atoms with E-state index in [0.29, 0.717) is 16.8 Å². The molecule has 1 heterocycles. The number of aliphatic carboxylic acids is 1. The van der Waals surface area contributed by atoms with E-state index in [0.717, 1.165) is 48.2 Å². The summed E-state index contributed by atoms with van der Waals surface area (Å²) in [5.41, 5.74) is 3.30. The average Bonchev–Trinajstić information content (AvgIpc) is 2.81. The van der Waals surface area contributed by atoms with E-state index in [1.165, 1.54) is 6.20 Å². The molecule has 1 aliphatic carbocycles. The molecule has 5 nitrogen and oxygen atoms in total. The predicted octanol–water partition coefficient (Wildman–Crippen LogP) is 7.18. The van der Waals surface area contributed by atoms with Crippen molar-refractivity contribution >= 4 is 17.6 Å². The van der Waals surface area contributed by atoms with Gasteiger partial charge in [0.25, 0.3) is 0 Å². The van der Waals surface area contributed by atoms with Gasteiger partial charge in [-0.25, -0.2) is 0 Å². The second-order valence-corrected chi connectivity index (χ2v) is 9.76. The first-order valence-corrected chi connectivity index (χ1v) is 12.3. The van der Waals surface area contributed by atoms with Crippen LogP contribution in [-0.2, 0) is 15.8 Å². The lowest BCUT2D eigenvalue weighted by molar-refractivity contribution is -0.138. The molecule has 0 bridgehead atoms. The Morgan fingerprint density at radius 3 is 2.38 bits per heavy atom. The van der Waals surface area contributed by atoms with Crippen molar-refractivity contribution in [2.75, 3.05) is 5.32 Å². The Labute approximate surface area is 213 Å². The number of benzene rings is 2. The van der Waals surface area contributed by atoms with Crippen LogP contribution < -0.4 is 5.32 Å². The Hall–Kier alpha value is -3.68. The molecule has 0 spiro atoms. The Balaban J connectivity index is 1.57. The molecule has 8 heteroatoms. The smallest absolute Gasteiger partial charge is 0.417 e. The Morgan fingerprint density at radius 1 is 1.08 bits per heavy atom. The van der Waals surface area contributed by atoms with Crippen LogP contribution in [0.5, 0.6) is 0 Å². The summed E-state index contributed by atoms with van der Waals surface area (Å²) in [6, 6.07) is 13.6. The molecule has 2 aromatic carbocycles. The van der Waals surface area contributed by atoms with E-state index in [4.69, 9.17) is 5.11 Å². The first-order chi connectivity index (χ1) is 17.5. The summed E-state index contributed by atoms with van der Waals surface area (Å²) in [5.74, 6) is -1.45. The van der Waals surface area contributed by atoms with Crippen molar-refractivity contribution in [2.24, 2.45) is 5.92 Å². The number of rotatable bonds is 8. The lowest BCUT2D eigenvalue weighted by Crippen LogP contribution is -2.31. The van der Waals surface area contributed by atoms with Crippen molar-refractivity contribution in [1.82, 2.24) is 4.98 Å². The molecule has 1 aliphatic rings. The standard InChI is InChI=1S/C29H29F3N2O3/c1-17(13-26(35)36)24-7-4-8-25(18(24)2)34-28(37)27(20-5-3-6-20)21-11-9-19(10-12-21)22-14-23(16-33-15-22)29(30,31)32/h4,7-12,14-17,20,27H,3,5-6,13H2,1-2H3,(H,34,37)(H,35,36)/t17-,27+/m1/s1. The van der Waals surface area contributed by atoms with Crippen molar-refractivity contribution in [1.29, 1.82) is 0 Å². The minimum atomic E-state index is -4.47. The predicted molar refractivity (Wildman–Crippen MR) is 135 cm³/mol. The number of hydrogen-bond donors (Lipinski definition) is 2. The monoisotopic (exact) mass is 510 g/mol. The summed E-state index contributed by atoms with van der Waals surface area (Å²) in [4.78, 5) is 28.4. The molecule has 37 heavy (non-hydrogen) atoms. The van der Waals surface area contributed by atoms with E-state index < -0.39 is 23.6 Å². The van der Waals surface area contributed by atoms with Crippen LogP contribution in [0, 0.1) is 12.8 Å². The van der Waals surface area contributed by atoms with Crippen molar-refractivity contribution in [3.8, 4) is 11.1 Å². The minimum absolute atomic E-state index is 0.00329. The third kappa shape index (κ3) is 6.01. The van der Waals surface area contributed by atoms with Gasteiger partial charge in [-0.05, 0) is 66.0 Å². The minimum Gasteiger partial charge on any atom is -0.481 e. The molecule has 1 amide bonds. The van der Waals surface area contributed by atoms with Gasteiger partial charge < -0.3 is 10.4 Å². The van der Waals surface area contributed by atoms with E-state index >= 15 is 0 Å². The number of pyridine rings is 1. The maximum atomic E-state index is 13.5. The van der Waals surface area contributed by atoms with Gasteiger partial charge in [0.05, 0.1) is 17.9 Å². The third-order valence-electron chi connectivity index (χ3n) is 7.22. The summed E-state index contributed by atoms with van der Waals surface area (Å²) in [6.07, 6.45) is 0.603. The highest BCUT2D eigenvalue weighted by molar-refractivity contribution is 5.97. The quantitative estimate of drug-likeness (QED) is 0.337. The molecule has 3 aromatic rings. The molecule has 1 aromatic heterocycles. The van der Waals surface area contributed by atoms with Gasteiger partial charge in [0, 0.05) is 23.6 Å². The van der Waals surface area contributed by atoms with Gasteiger partial charge in [-0.3, -0.25) is 14.6 Å². The third-order valence-corrected chi connectivity index (χ3v) is 7.22. The summed E-state index contributed by atoms with van der Waals surface area (Å²) in [5, 5.41) is 12.2. The summed E-state index contributed by atoms with van der Waals surface area (Å²) in [7, 11) is 0. The number of carboxylic acid groups (broad SMARTS) is 1. The first-order valence-electron chi connectivity index (χ1n) is 12.3. The maximum absolute atomic E-state index is 13.5. The van der Waals surface area contributed by atoms with E-state index in [9.17, 15) is 22.8 Å². The SMILES string of the molecule is Cc1c(NC(=O)[C@H](c2ccc(-c3cncc(C(F)(F)F)c3)cc2)C2CCC2)cccc1[C@H](C)CC(=O)O. The van der Waals surface area contributed by atoms with E-state index in [1.807, 2.05) is 32.0 Å². The fourth-order valence-electron chi connectivity index (χ4n) is 4.95. The molecule has 194 valence electrons. The average molecular weight is 511 g/mol. The number of amides is 1. The Kier molecular flexibility index (Phi) is 7.66. The van der Waals surface area contributed by atoms with Crippen molar-refractivity contribution in [3.63, 3.8) is 0 Å². The van der Waals surface area contributed by atoms with Crippen LogP contribution in [0.25, 0.3) is 11.1 Å². The summed E-state index contributed by atoms with van der Waals surface area (Å²) in [6.45, 7) is 3.72. The first kappa shape index (κ1) is 26.4. The van der Waals surface area contributed by atoms with Crippen LogP contribution in [0.1, 0.15) is 66.7 Å². The zero-order chi connectivity index (χ0) is 26.7. The highest BCUT2D eigenvalue weighted by Gasteiger charge is 2.34. The second kappa shape index (κ2) is 10.7. The molecule has 0 radical (unpaired) electrons. The lowest BCUT2D eigenvalue weighted by Gasteiger charge is -2.33. The van der Waals surface area contributed by atoms with Crippen LogP contribution in [0.4, 0.5) is 18.9 Å². The zero-order valence-electron chi connectivity index (χ0n) is 20.7. The lowest BCUT2D eigenvalue weighted by atomic mass is 9.72. The van der Waals surface area contributed by atoms with E-state index in [2.05, 4.69) is 10.3 Å².